The third-order valence-corrected chi connectivity index (χ3v) is 7.19. The van der Waals surface area contributed by atoms with Crippen molar-refractivity contribution >= 4 is 21.6 Å². The second kappa shape index (κ2) is 11.7. The molecule has 6 nitrogen and oxygen atoms in total. The smallest absolute Gasteiger partial charge is 0.264 e. The number of hydrogen-bond acceptors (Lipinski definition) is 4. The van der Waals surface area contributed by atoms with E-state index in [1.54, 1.807) is 48.5 Å². The average molecular weight is 481 g/mol. The molecule has 1 unspecified atom stereocenters. The van der Waals surface area contributed by atoms with Crippen LogP contribution in [0, 0.1) is 6.92 Å². The van der Waals surface area contributed by atoms with Crippen molar-refractivity contribution in [3.8, 4) is 5.75 Å². The third kappa shape index (κ3) is 6.84. The minimum Gasteiger partial charge on any atom is -0.484 e. The van der Waals surface area contributed by atoms with Crippen molar-refractivity contribution in [1.82, 2.24) is 5.32 Å². The molecule has 0 aliphatic rings. The first-order valence-electron chi connectivity index (χ1n) is 11.4. The van der Waals surface area contributed by atoms with E-state index in [2.05, 4.69) is 12.2 Å². The highest BCUT2D eigenvalue weighted by atomic mass is 32.2. The van der Waals surface area contributed by atoms with E-state index >= 15 is 0 Å². The Morgan fingerprint density at radius 3 is 2.24 bits per heavy atom. The molecule has 1 atom stereocenters. The summed E-state index contributed by atoms with van der Waals surface area (Å²) in [6.07, 6.45) is 1.90. The third-order valence-electron chi connectivity index (χ3n) is 5.40. The standard InChI is InChI=1S/C27H32N2O4S/c1-4-8-22(3)28-27(30)20-33-25-15-13-24(14-16-25)29(19-23-9-6-5-7-10-23)34(31,32)26-17-11-21(2)12-18-26/h5-7,9-18,22H,4,8,19-20H2,1-3H3,(H,28,30). The summed E-state index contributed by atoms with van der Waals surface area (Å²) in [5.41, 5.74) is 2.37. The van der Waals surface area contributed by atoms with E-state index in [0.717, 1.165) is 24.0 Å². The van der Waals surface area contributed by atoms with Crippen LogP contribution in [0.5, 0.6) is 5.75 Å². The highest BCUT2D eigenvalue weighted by Gasteiger charge is 2.25. The first kappa shape index (κ1) is 25.3. The Balaban J connectivity index is 1.79. The van der Waals surface area contributed by atoms with E-state index in [1.807, 2.05) is 44.2 Å². The Kier molecular flexibility index (Phi) is 8.71. The highest BCUT2D eigenvalue weighted by Crippen LogP contribution is 2.28. The van der Waals surface area contributed by atoms with Crippen LogP contribution < -0.4 is 14.4 Å². The zero-order chi connectivity index (χ0) is 24.6. The minimum atomic E-state index is -3.80. The summed E-state index contributed by atoms with van der Waals surface area (Å²) in [5, 5.41) is 2.90. The molecule has 0 aliphatic carbocycles. The number of amides is 1. The van der Waals surface area contributed by atoms with E-state index in [0.29, 0.717) is 11.4 Å². The second-order valence-electron chi connectivity index (χ2n) is 8.35. The lowest BCUT2D eigenvalue weighted by atomic mass is 10.2. The lowest BCUT2D eigenvalue weighted by Crippen LogP contribution is -2.35. The van der Waals surface area contributed by atoms with Gasteiger partial charge in [-0.05, 0) is 62.2 Å². The quantitative estimate of drug-likeness (QED) is 0.416. The van der Waals surface area contributed by atoms with Crippen molar-refractivity contribution in [3.63, 3.8) is 0 Å². The number of sulfonamides is 1. The van der Waals surface area contributed by atoms with Gasteiger partial charge in [-0.25, -0.2) is 8.42 Å². The molecule has 180 valence electrons. The van der Waals surface area contributed by atoms with Crippen LogP contribution in [-0.2, 0) is 21.4 Å². The number of benzene rings is 3. The topological polar surface area (TPSA) is 75.7 Å². The molecule has 7 heteroatoms. The van der Waals surface area contributed by atoms with Crippen LogP contribution in [0.15, 0.2) is 83.8 Å². The molecular formula is C27H32N2O4S. The van der Waals surface area contributed by atoms with E-state index in [4.69, 9.17) is 4.74 Å². The predicted octanol–water partition coefficient (Wildman–Crippen LogP) is 5.07. The van der Waals surface area contributed by atoms with E-state index in [9.17, 15) is 13.2 Å². The summed E-state index contributed by atoms with van der Waals surface area (Å²) in [6, 6.07) is 23.1. The first-order chi connectivity index (χ1) is 16.3. The van der Waals surface area contributed by atoms with Gasteiger partial charge in [0.15, 0.2) is 6.61 Å². The van der Waals surface area contributed by atoms with Crippen molar-refractivity contribution in [2.24, 2.45) is 0 Å². The molecule has 0 radical (unpaired) electrons. The number of aryl methyl sites for hydroxylation is 1. The van der Waals surface area contributed by atoms with Crippen LogP contribution in [0.1, 0.15) is 37.8 Å². The average Bonchev–Trinajstić information content (AvgIpc) is 2.82. The Hall–Kier alpha value is -3.32. The molecule has 0 aromatic heterocycles. The van der Waals surface area contributed by atoms with Gasteiger partial charge in [-0.2, -0.15) is 0 Å². The van der Waals surface area contributed by atoms with Crippen LogP contribution in [0.2, 0.25) is 0 Å². The van der Waals surface area contributed by atoms with Crippen molar-refractivity contribution in [2.45, 2.75) is 51.1 Å². The fraction of sp³-hybridized carbons (Fsp3) is 0.296. The Morgan fingerprint density at radius 2 is 1.62 bits per heavy atom. The molecule has 0 heterocycles. The zero-order valence-corrected chi connectivity index (χ0v) is 20.7. The molecule has 1 N–H and O–H groups in total. The van der Waals surface area contributed by atoms with Gasteiger partial charge < -0.3 is 10.1 Å². The molecule has 3 rings (SSSR count). The van der Waals surface area contributed by atoms with Gasteiger partial charge in [0, 0.05) is 6.04 Å². The summed E-state index contributed by atoms with van der Waals surface area (Å²) in [6.45, 7) is 6.05. The van der Waals surface area contributed by atoms with Gasteiger partial charge in [-0.15, -0.1) is 0 Å². The fourth-order valence-corrected chi connectivity index (χ4v) is 5.03. The van der Waals surface area contributed by atoms with Gasteiger partial charge >= 0.3 is 0 Å². The van der Waals surface area contributed by atoms with E-state index < -0.39 is 10.0 Å². The summed E-state index contributed by atoms with van der Waals surface area (Å²) in [4.78, 5) is 12.3. The van der Waals surface area contributed by atoms with Gasteiger partial charge in [0.25, 0.3) is 15.9 Å². The van der Waals surface area contributed by atoms with Crippen molar-refractivity contribution in [2.75, 3.05) is 10.9 Å². The van der Waals surface area contributed by atoms with Crippen LogP contribution in [0.3, 0.4) is 0 Å². The Bertz CT molecular complexity index is 1160. The summed E-state index contributed by atoms with van der Waals surface area (Å²) in [5.74, 6) is 0.312. The van der Waals surface area contributed by atoms with Gasteiger partial charge in [0.1, 0.15) is 5.75 Å². The maximum absolute atomic E-state index is 13.5. The number of nitrogens with zero attached hydrogens (tertiary/aromatic N) is 1. The molecular weight excluding hydrogens is 448 g/mol. The number of rotatable bonds is 11. The van der Waals surface area contributed by atoms with Crippen LogP contribution in [-0.4, -0.2) is 27.0 Å². The molecule has 3 aromatic rings. The van der Waals surface area contributed by atoms with Crippen molar-refractivity contribution < 1.29 is 17.9 Å². The van der Waals surface area contributed by atoms with Crippen LogP contribution in [0.25, 0.3) is 0 Å². The molecule has 0 bridgehead atoms. The first-order valence-corrected chi connectivity index (χ1v) is 12.9. The number of anilines is 1. The fourth-order valence-electron chi connectivity index (χ4n) is 3.58. The lowest BCUT2D eigenvalue weighted by molar-refractivity contribution is -0.123. The second-order valence-corrected chi connectivity index (χ2v) is 10.2. The lowest BCUT2D eigenvalue weighted by Gasteiger charge is -2.25. The predicted molar refractivity (Wildman–Crippen MR) is 135 cm³/mol. The largest absolute Gasteiger partial charge is 0.484 e. The van der Waals surface area contributed by atoms with Gasteiger partial charge in [0.05, 0.1) is 17.1 Å². The number of hydrogen-bond donors (Lipinski definition) is 1. The van der Waals surface area contributed by atoms with Gasteiger partial charge in [0.2, 0.25) is 0 Å². The maximum Gasteiger partial charge on any atom is 0.264 e. The summed E-state index contributed by atoms with van der Waals surface area (Å²) in [7, 11) is -3.80. The van der Waals surface area contributed by atoms with E-state index in [1.165, 1.54) is 4.31 Å². The number of carbonyl (C=O) groups excluding carboxylic acids is 1. The van der Waals surface area contributed by atoms with Crippen LogP contribution in [0.4, 0.5) is 5.69 Å². The molecule has 1 amide bonds. The number of ether oxygens (including phenoxy) is 1. The minimum absolute atomic E-state index is 0.0944. The van der Waals surface area contributed by atoms with Gasteiger partial charge in [-0.3, -0.25) is 9.10 Å². The van der Waals surface area contributed by atoms with Gasteiger partial charge in [-0.1, -0.05) is 61.4 Å². The SMILES string of the molecule is CCCC(C)NC(=O)COc1ccc(N(Cc2ccccc2)S(=O)(=O)c2ccc(C)cc2)cc1. The van der Waals surface area contributed by atoms with Crippen LogP contribution >= 0.6 is 0 Å². The number of nitrogens with one attached hydrogen (secondary N) is 1. The zero-order valence-electron chi connectivity index (χ0n) is 19.9. The Labute approximate surface area is 202 Å². The Morgan fingerprint density at radius 1 is 0.971 bits per heavy atom. The molecule has 0 spiro atoms. The molecule has 3 aromatic carbocycles. The maximum atomic E-state index is 13.5. The molecule has 0 aliphatic heterocycles. The molecule has 0 fully saturated rings. The van der Waals surface area contributed by atoms with Crippen molar-refractivity contribution in [1.29, 1.82) is 0 Å². The molecule has 0 saturated heterocycles. The van der Waals surface area contributed by atoms with E-state index in [-0.39, 0.29) is 30.0 Å². The normalized spacial score (nSPS) is 12.1. The molecule has 0 saturated carbocycles. The number of carbonyl (C=O) groups is 1. The molecule has 34 heavy (non-hydrogen) atoms. The van der Waals surface area contributed by atoms with Crippen molar-refractivity contribution in [3.05, 3.63) is 90.0 Å². The summed E-state index contributed by atoms with van der Waals surface area (Å²) >= 11 is 0. The summed E-state index contributed by atoms with van der Waals surface area (Å²) < 4.78 is 34.1. The monoisotopic (exact) mass is 480 g/mol. The highest BCUT2D eigenvalue weighted by molar-refractivity contribution is 7.92.